The highest BCUT2D eigenvalue weighted by Gasteiger charge is 2.11. The van der Waals surface area contributed by atoms with Gasteiger partial charge in [-0.05, 0) is 24.7 Å². The number of amides is 1. The molecule has 0 saturated heterocycles. The van der Waals surface area contributed by atoms with Crippen molar-refractivity contribution in [1.82, 2.24) is 4.98 Å². The van der Waals surface area contributed by atoms with Crippen LogP contribution in [0.4, 0.5) is 5.69 Å². The van der Waals surface area contributed by atoms with Crippen LogP contribution in [0.25, 0.3) is 0 Å². The second-order valence-corrected chi connectivity index (χ2v) is 5.32. The first-order chi connectivity index (χ1) is 9.63. The van der Waals surface area contributed by atoms with Crippen molar-refractivity contribution in [1.29, 1.82) is 0 Å². The van der Waals surface area contributed by atoms with Crippen LogP contribution >= 0.6 is 22.9 Å². The van der Waals surface area contributed by atoms with Crippen molar-refractivity contribution in [3.8, 4) is 5.75 Å². The van der Waals surface area contributed by atoms with E-state index in [-0.39, 0.29) is 5.91 Å². The van der Waals surface area contributed by atoms with Gasteiger partial charge < -0.3 is 15.8 Å². The van der Waals surface area contributed by atoms with Crippen LogP contribution in [0.2, 0.25) is 5.02 Å². The van der Waals surface area contributed by atoms with Crippen molar-refractivity contribution >= 4 is 34.5 Å². The number of nitrogens with two attached hydrogens (primary N) is 1. The Morgan fingerprint density at radius 2 is 2.35 bits per heavy atom. The van der Waals surface area contributed by atoms with Crippen molar-refractivity contribution in [2.75, 3.05) is 19.0 Å². The minimum atomic E-state index is -0.272. The summed E-state index contributed by atoms with van der Waals surface area (Å²) in [5.74, 6) is 0.286. The zero-order valence-electron chi connectivity index (χ0n) is 10.9. The number of anilines is 1. The third-order valence-electron chi connectivity index (χ3n) is 2.55. The van der Waals surface area contributed by atoms with Gasteiger partial charge in [-0.1, -0.05) is 11.6 Å². The molecular weight excluding hydrogens is 298 g/mol. The van der Waals surface area contributed by atoms with Crippen LogP contribution in [0.5, 0.6) is 5.75 Å². The molecule has 0 bridgehead atoms. The molecule has 0 saturated carbocycles. The quantitative estimate of drug-likeness (QED) is 0.889. The molecule has 1 aromatic heterocycles. The third-order valence-corrected chi connectivity index (χ3v) is 3.76. The van der Waals surface area contributed by atoms with Crippen LogP contribution in [-0.4, -0.2) is 24.5 Å². The number of hydrogen-bond donors (Lipinski definition) is 2. The van der Waals surface area contributed by atoms with E-state index in [9.17, 15) is 4.79 Å². The summed E-state index contributed by atoms with van der Waals surface area (Å²) < 4.78 is 5.05. The maximum Gasteiger partial charge on any atom is 0.275 e. The predicted molar refractivity (Wildman–Crippen MR) is 80.8 cm³/mol. The Kier molecular flexibility index (Phi) is 4.94. The second kappa shape index (κ2) is 6.69. The number of hydrogen-bond acceptors (Lipinski definition) is 5. The summed E-state index contributed by atoms with van der Waals surface area (Å²) in [5.41, 5.74) is 6.42. The highest BCUT2D eigenvalue weighted by atomic mass is 35.5. The fraction of sp³-hybridized carbons (Fsp3) is 0.231. The summed E-state index contributed by atoms with van der Waals surface area (Å²) in [7, 11) is 1.54. The molecule has 0 spiro atoms. The van der Waals surface area contributed by atoms with Crippen LogP contribution in [0.3, 0.4) is 0 Å². The topological polar surface area (TPSA) is 77.2 Å². The van der Waals surface area contributed by atoms with Crippen molar-refractivity contribution < 1.29 is 9.53 Å². The highest BCUT2D eigenvalue weighted by Crippen LogP contribution is 2.27. The van der Waals surface area contributed by atoms with Gasteiger partial charge in [-0.2, -0.15) is 0 Å². The minimum absolute atomic E-state index is 0.272. The number of nitrogens with one attached hydrogen (secondary N) is 1. The van der Waals surface area contributed by atoms with E-state index in [1.54, 1.807) is 23.6 Å². The smallest absolute Gasteiger partial charge is 0.275 e. The molecule has 0 atom stereocenters. The third kappa shape index (κ3) is 3.47. The number of halogens is 1. The summed E-state index contributed by atoms with van der Waals surface area (Å²) in [4.78, 5) is 16.2. The van der Waals surface area contributed by atoms with Crippen molar-refractivity contribution in [2.45, 2.75) is 6.42 Å². The Labute approximate surface area is 125 Å². The Hall–Kier alpha value is -1.63. The second-order valence-electron chi connectivity index (χ2n) is 3.97. The summed E-state index contributed by atoms with van der Waals surface area (Å²) in [5, 5.41) is 5.74. The fourth-order valence-electron chi connectivity index (χ4n) is 1.59. The summed E-state index contributed by atoms with van der Waals surface area (Å²) >= 11 is 7.42. The van der Waals surface area contributed by atoms with Gasteiger partial charge in [-0.3, -0.25) is 4.79 Å². The van der Waals surface area contributed by atoms with Gasteiger partial charge in [-0.25, -0.2) is 4.98 Å². The number of carbonyl (C=O) groups is 1. The van der Waals surface area contributed by atoms with Crippen molar-refractivity contribution in [3.05, 3.63) is 39.3 Å². The molecule has 0 unspecified atom stereocenters. The average molecular weight is 312 g/mol. The van der Waals surface area contributed by atoms with Gasteiger partial charge in [0, 0.05) is 17.5 Å². The standard InChI is InChI=1S/C13H14ClN3O2S/c1-19-11-3-2-8(6-9(11)14)16-13(18)10-7-20-12(17-10)4-5-15/h2-3,6-7H,4-5,15H2,1H3,(H,16,18). The molecule has 0 aliphatic carbocycles. The van der Waals surface area contributed by atoms with Crippen LogP contribution in [0.15, 0.2) is 23.6 Å². The minimum Gasteiger partial charge on any atom is -0.495 e. The van der Waals surface area contributed by atoms with E-state index in [1.165, 1.54) is 18.4 Å². The SMILES string of the molecule is COc1ccc(NC(=O)c2csc(CCN)n2)cc1Cl. The Bertz CT molecular complexity index is 615. The lowest BCUT2D eigenvalue weighted by Gasteiger charge is -2.06. The summed E-state index contributed by atoms with van der Waals surface area (Å²) in [6.45, 7) is 0.517. The first kappa shape index (κ1) is 14.8. The van der Waals surface area contributed by atoms with E-state index in [2.05, 4.69) is 10.3 Å². The van der Waals surface area contributed by atoms with Crippen LogP contribution in [0, 0.1) is 0 Å². The van der Waals surface area contributed by atoms with Crippen LogP contribution < -0.4 is 15.8 Å². The lowest BCUT2D eigenvalue weighted by molar-refractivity contribution is 0.102. The normalized spacial score (nSPS) is 10.3. The molecule has 0 radical (unpaired) electrons. The monoisotopic (exact) mass is 311 g/mol. The molecule has 0 fully saturated rings. The zero-order valence-corrected chi connectivity index (χ0v) is 12.4. The van der Waals surface area contributed by atoms with Gasteiger partial charge in [0.25, 0.3) is 5.91 Å². The maximum atomic E-state index is 12.0. The lowest BCUT2D eigenvalue weighted by atomic mass is 10.3. The van der Waals surface area contributed by atoms with Gasteiger partial charge in [0.1, 0.15) is 11.4 Å². The number of aromatic nitrogens is 1. The number of ether oxygens (including phenoxy) is 1. The number of rotatable bonds is 5. The van der Waals surface area contributed by atoms with E-state index in [0.29, 0.717) is 35.1 Å². The van der Waals surface area contributed by atoms with Crippen LogP contribution in [-0.2, 0) is 6.42 Å². The molecule has 2 aromatic rings. The van der Waals surface area contributed by atoms with Gasteiger partial charge in [-0.15, -0.1) is 11.3 Å². The fourth-order valence-corrected chi connectivity index (χ4v) is 2.64. The van der Waals surface area contributed by atoms with Crippen molar-refractivity contribution in [2.24, 2.45) is 5.73 Å². The zero-order chi connectivity index (χ0) is 14.5. The van der Waals surface area contributed by atoms with Gasteiger partial charge in [0.15, 0.2) is 0 Å². The van der Waals surface area contributed by atoms with Gasteiger partial charge in [0.05, 0.1) is 17.1 Å². The maximum absolute atomic E-state index is 12.0. The number of benzene rings is 1. The van der Waals surface area contributed by atoms with E-state index in [0.717, 1.165) is 5.01 Å². The number of methoxy groups -OCH3 is 1. The van der Waals surface area contributed by atoms with Gasteiger partial charge >= 0.3 is 0 Å². The molecule has 2 rings (SSSR count). The number of nitrogens with zero attached hydrogens (tertiary/aromatic N) is 1. The molecule has 7 heteroatoms. The summed E-state index contributed by atoms with van der Waals surface area (Å²) in [6, 6.07) is 5.04. The van der Waals surface area contributed by atoms with Gasteiger partial charge in [0.2, 0.25) is 0 Å². The molecular formula is C13H14ClN3O2S. The van der Waals surface area contributed by atoms with Crippen molar-refractivity contribution in [3.63, 3.8) is 0 Å². The predicted octanol–water partition coefficient (Wildman–Crippen LogP) is 2.56. The molecule has 5 nitrogen and oxygen atoms in total. The van der Waals surface area contributed by atoms with E-state index in [4.69, 9.17) is 22.1 Å². The molecule has 1 amide bonds. The number of carbonyl (C=O) groups excluding carboxylic acids is 1. The lowest BCUT2D eigenvalue weighted by Crippen LogP contribution is -2.12. The molecule has 0 aliphatic heterocycles. The van der Waals surface area contributed by atoms with Crippen LogP contribution in [0.1, 0.15) is 15.5 Å². The number of thiazole rings is 1. The molecule has 20 heavy (non-hydrogen) atoms. The van der Waals surface area contributed by atoms with E-state index in [1.807, 2.05) is 0 Å². The molecule has 3 N–H and O–H groups in total. The first-order valence-corrected chi connectivity index (χ1v) is 7.19. The van der Waals surface area contributed by atoms with E-state index >= 15 is 0 Å². The molecule has 106 valence electrons. The molecule has 0 aliphatic rings. The Balaban J connectivity index is 2.08. The average Bonchev–Trinajstić information content (AvgIpc) is 2.88. The largest absolute Gasteiger partial charge is 0.495 e. The highest BCUT2D eigenvalue weighted by molar-refractivity contribution is 7.09. The van der Waals surface area contributed by atoms with E-state index < -0.39 is 0 Å². The first-order valence-electron chi connectivity index (χ1n) is 5.93. The molecule has 1 heterocycles. The molecule has 1 aromatic carbocycles. The summed E-state index contributed by atoms with van der Waals surface area (Å²) in [6.07, 6.45) is 0.673. The Morgan fingerprint density at radius 1 is 1.55 bits per heavy atom. The Morgan fingerprint density at radius 3 is 3.00 bits per heavy atom.